The van der Waals surface area contributed by atoms with E-state index in [1.807, 2.05) is 36.4 Å². The molecule has 2 amide bonds. The Labute approximate surface area is 205 Å². The van der Waals surface area contributed by atoms with Gasteiger partial charge in [0.05, 0.1) is 6.10 Å². The van der Waals surface area contributed by atoms with Gasteiger partial charge in [-0.2, -0.15) is 0 Å². The number of benzene rings is 2. The van der Waals surface area contributed by atoms with Crippen LogP contribution in [0.15, 0.2) is 48.5 Å². The number of nitrogens with one attached hydrogen (secondary N) is 1. The van der Waals surface area contributed by atoms with E-state index in [-0.39, 0.29) is 37.5 Å². The number of nitrogens with zero attached hydrogens (tertiary/aromatic N) is 1. The second-order valence-electron chi connectivity index (χ2n) is 9.78. The standard InChI is InChI=1S/C27H32N2O6/c1-16(2)23(24(30)29-14-17(34-4)13-27(29,3)25(31)32)28-26(33)35-15-22-20-11-7-5-9-18(20)19-10-6-8-12-21(19)22/h5-12,16-17,22-23H,13-15H2,1-4H3,(H,28,33)(H,31,32)/t17?,23-,27?/m1/s1. The summed E-state index contributed by atoms with van der Waals surface area (Å²) >= 11 is 0. The molecular weight excluding hydrogens is 448 g/mol. The number of alkyl carbamates (subject to hydrolysis) is 1. The molecule has 1 heterocycles. The average molecular weight is 481 g/mol. The molecule has 0 spiro atoms. The van der Waals surface area contributed by atoms with E-state index in [1.165, 1.54) is 18.9 Å². The Bertz CT molecular complexity index is 1090. The summed E-state index contributed by atoms with van der Waals surface area (Å²) < 4.78 is 11.0. The Hall–Kier alpha value is -3.39. The van der Waals surface area contributed by atoms with Crippen LogP contribution in [0, 0.1) is 5.92 Å². The summed E-state index contributed by atoms with van der Waals surface area (Å²) in [4.78, 5) is 39.6. The van der Waals surface area contributed by atoms with Crippen molar-refractivity contribution in [1.29, 1.82) is 0 Å². The van der Waals surface area contributed by atoms with Crippen molar-refractivity contribution in [3.05, 3.63) is 59.7 Å². The lowest BCUT2D eigenvalue weighted by Gasteiger charge is -2.34. The Balaban J connectivity index is 1.47. The Kier molecular flexibility index (Phi) is 6.85. The number of rotatable bonds is 7. The molecule has 3 atom stereocenters. The van der Waals surface area contributed by atoms with Gasteiger partial charge in [-0.05, 0) is 35.1 Å². The lowest BCUT2D eigenvalue weighted by Crippen LogP contribution is -2.58. The summed E-state index contributed by atoms with van der Waals surface area (Å²) in [5.74, 6) is -1.94. The molecule has 2 aliphatic rings. The second-order valence-corrected chi connectivity index (χ2v) is 9.78. The summed E-state index contributed by atoms with van der Waals surface area (Å²) in [7, 11) is 1.50. The summed E-state index contributed by atoms with van der Waals surface area (Å²) in [6.07, 6.45) is -0.916. The van der Waals surface area contributed by atoms with Gasteiger partial charge in [-0.15, -0.1) is 0 Å². The third kappa shape index (κ3) is 4.50. The highest BCUT2D eigenvalue weighted by atomic mass is 16.5. The monoisotopic (exact) mass is 480 g/mol. The van der Waals surface area contributed by atoms with E-state index in [2.05, 4.69) is 17.4 Å². The minimum absolute atomic E-state index is 0.0994. The number of carboxylic acid groups (broad SMARTS) is 1. The van der Waals surface area contributed by atoms with Gasteiger partial charge < -0.3 is 24.8 Å². The Morgan fingerprint density at radius 2 is 1.66 bits per heavy atom. The van der Waals surface area contributed by atoms with Gasteiger partial charge >= 0.3 is 12.1 Å². The van der Waals surface area contributed by atoms with Gasteiger partial charge in [-0.25, -0.2) is 9.59 Å². The molecule has 2 aromatic rings. The molecule has 35 heavy (non-hydrogen) atoms. The maximum atomic E-state index is 13.4. The molecule has 0 bridgehead atoms. The molecule has 2 aromatic carbocycles. The predicted molar refractivity (Wildman–Crippen MR) is 130 cm³/mol. The van der Waals surface area contributed by atoms with Crippen LogP contribution in [0.2, 0.25) is 0 Å². The van der Waals surface area contributed by atoms with Crippen LogP contribution in [0.4, 0.5) is 4.79 Å². The molecule has 2 unspecified atom stereocenters. The highest BCUT2D eigenvalue weighted by Crippen LogP contribution is 2.44. The number of methoxy groups -OCH3 is 1. The van der Waals surface area contributed by atoms with Gasteiger partial charge in [0, 0.05) is 26.0 Å². The zero-order chi connectivity index (χ0) is 25.3. The first kappa shape index (κ1) is 24.7. The summed E-state index contributed by atoms with van der Waals surface area (Å²) in [5, 5.41) is 12.5. The largest absolute Gasteiger partial charge is 0.480 e. The van der Waals surface area contributed by atoms with E-state index < -0.39 is 29.6 Å². The van der Waals surface area contributed by atoms with E-state index in [4.69, 9.17) is 9.47 Å². The third-order valence-corrected chi connectivity index (χ3v) is 7.22. The van der Waals surface area contributed by atoms with Crippen LogP contribution in [-0.2, 0) is 19.1 Å². The normalized spacial score (nSPS) is 22.0. The van der Waals surface area contributed by atoms with Crippen LogP contribution in [0.25, 0.3) is 11.1 Å². The molecule has 8 heteroatoms. The highest BCUT2D eigenvalue weighted by molar-refractivity contribution is 5.92. The number of ether oxygens (including phenoxy) is 2. The maximum absolute atomic E-state index is 13.4. The van der Waals surface area contributed by atoms with Gasteiger partial charge in [-0.1, -0.05) is 62.4 Å². The van der Waals surface area contributed by atoms with Crippen molar-refractivity contribution in [2.75, 3.05) is 20.3 Å². The van der Waals surface area contributed by atoms with Crippen LogP contribution in [0.5, 0.6) is 0 Å². The van der Waals surface area contributed by atoms with Gasteiger partial charge in [0.2, 0.25) is 5.91 Å². The van der Waals surface area contributed by atoms with Crippen molar-refractivity contribution in [2.45, 2.75) is 50.8 Å². The molecule has 4 rings (SSSR count). The summed E-state index contributed by atoms with van der Waals surface area (Å²) in [6.45, 7) is 5.38. The van der Waals surface area contributed by atoms with E-state index in [1.54, 1.807) is 13.8 Å². The first-order valence-corrected chi connectivity index (χ1v) is 11.9. The van der Waals surface area contributed by atoms with Crippen molar-refractivity contribution >= 4 is 18.0 Å². The van der Waals surface area contributed by atoms with Crippen molar-refractivity contribution in [3.8, 4) is 11.1 Å². The zero-order valence-electron chi connectivity index (χ0n) is 20.5. The van der Waals surface area contributed by atoms with E-state index in [0.29, 0.717) is 0 Å². The molecule has 2 N–H and O–H groups in total. The van der Waals surface area contributed by atoms with Gasteiger partial charge in [-0.3, -0.25) is 4.79 Å². The molecule has 0 radical (unpaired) electrons. The molecule has 8 nitrogen and oxygen atoms in total. The predicted octanol–water partition coefficient (Wildman–Crippen LogP) is 3.64. The first-order chi connectivity index (χ1) is 16.7. The molecular formula is C27H32N2O6. The van der Waals surface area contributed by atoms with Crippen molar-refractivity contribution in [1.82, 2.24) is 10.2 Å². The zero-order valence-corrected chi connectivity index (χ0v) is 20.5. The molecule has 1 fully saturated rings. The average Bonchev–Trinajstić information content (AvgIpc) is 3.36. The minimum Gasteiger partial charge on any atom is -0.480 e. The number of hydrogen-bond donors (Lipinski definition) is 2. The smallest absolute Gasteiger partial charge is 0.407 e. The quantitative estimate of drug-likeness (QED) is 0.627. The van der Waals surface area contributed by atoms with E-state index in [9.17, 15) is 19.5 Å². The van der Waals surface area contributed by atoms with Gasteiger partial charge in [0.25, 0.3) is 0 Å². The Morgan fingerprint density at radius 3 is 2.17 bits per heavy atom. The van der Waals surface area contributed by atoms with Crippen LogP contribution in [0.3, 0.4) is 0 Å². The molecule has 186 valence electrons. The fourth-order valence-corrected chi connectivity index (χ4v) is 5.17. The van der Waals surface area contributed by atoms with Crippen LogP contribution >= 0.6 is 0 Å². The van der Waals surface area contributed by atoms with Crippen LogP contribution < -0.4 is 5.32 Å². The summed E-state index contributed by atoms with van der Waals surface area (Å²) in [5.41, 5.74) is 3.04. The number of carbonyl (C=O) groups excluding carboxylic acids is 2. The number of likely N-dealkylation sites (tertiary alicyclic amines) is 1. The fraction of sp³-hybridized carbons (Fsp3) is 0.444. The minimum atomic E-state index is -1.41. The maximum Gasteiger partial charge on any atom is 0.407 e. The van der Waals surface area contributed by atoms with Gasteiger partial charge in [0.1, 0.15) is 18.2 Å². The first-order valence-electron chi connectivity index (χ1n) is 11.9. The lowest BCUT2D eigenvalue weighted by atomic mass is 9.96. The van der Waals surface area contributed by atoms with Gasteiger partial charge in [0.15, 0.2) is 0 Å². The van der Waals surface area contributed by atoms with E-state index >= 15 is 0 Å². The second kappa shape index (κ2) is 9.70. The van der Waals surface area contributed by atoms with Crippen molar-refractivity contribution in [2.24, 2.45) is 5.92 Å². The number of aliphatic carboxylic acids is 1. The molecule has 1 aliphatic heterocycles. The number of fused-ring (bicyclic) bond motifs is 3. The number of carbonyl (C=O) groups is 3. The number of hydrogen-bond acceptors (Lipinski definition) is 5. The molecule has 1 saturated heterocycles. The van der Waals surface area contributed by atoms with Crippen LogP contribution in [0.1, 0.15) is 44.2 Å². The van der Waals surface area contributed by atoms with Crippen LogP contribution in [-0.4, -0.2) is 65.9 Å². The Morgan fingerprint density at radius 1 is 1.09 bits per heavy atom. The van der Waals surface area contributed by atoms with E-state index in [0.717, 1.165) is 22.3 Å². The fourth-order valence-electron chi connectivity index (χ4n) is 5.17. The topological polar surface area (TPSA) is 105 Å². The third-order valence-electron chi connectivity index (χ3n) is 7.22. The van der Waals surface area contributed by atoms with Crippen molar-refractivity contribution in [3.63, 3.8) is 0 Å². The lowest BCUT2D eigenvalue weighted by molar-refractivity contribution is -0.156. The SMILES string of the molecule is COC1CN(C(=O)[C@H](NC(=O)OCC2c3ccccc3-c3ccccc32)C(C)C)C(C)(C(=O)O)C1. The summed E-state index contributed by atoms with van der Waals surface area (Å²) in [6, 6.07) is 15.2. The number of amides is 2. The number of carboxylic acids is 1. The molecule has 0 aromatic heterocycles. The molecule has 0 saturated carbocycles. The molecule has 1 aliphatic carbocycles. The van der Waals surface area contributed by atoms with Crippen molar-refractivity contribution < 1.29 is 29.0 Å². The highest BCUT2D eigenvalue weighted by Gasteiger charge is 2.52.